The second kappa shape index (κ2) is 12.1. The largest absolute Gasteiger partial charge is 0.469 e. The summed E-state index contributed by atoms with van der Waals surface area (Å²) in [6, 6.07) is 8.20. The Kier molecular flexibility index (Phi) is 8.37. The molecule has 3 heterocycles. The van der Waals surface area contributed by atoms with Crippen LogP contribution in [0, 0.1) is 12.8 Å². The second-order valence-corrected chi connectivity index (χ2v) is 11.8. The van der Waals surface area contributed by atoms with Crippen LogP contribution in [0.2, 0.25) is 0 Å². The molecule has 0 radical (unpaired) electrons. The number of esters is 1. The molecule has 1 amide bonds. The molecule has 0 spiro atoms. The van der Waals surface area contributed by atoms with E-state index in [4.69, 9.17) is 9.72 Å². The van der Waals surface area contributed by atoms with Crippen LogP contribution < -0.4 is 10.6 Å². The van der Waals surface area contributed by atoms with Crippen LogP contribution in [0.25, 0.3) is 11.3 Å². The first kappa shape index (κ1) is 29.0. The van der Waals surface area contributed by atoms with Crippen LogP contribution in [0.1, 0.15) is 74.0 Å². The molecule has 0 atom stereocenters. The molecule has 0 aliphatic heterocycles. The Morgan fingerprint density at radius 2 is 1.83 bits per heavy atom. The first-order chi connectivity index (χ1) is 20.1. The minimum absolute atomic E-state index is 0.0172. The molecule has 1 aromatic carbocycles. The second-order valence-electron chi connectivity index (χ2n) is 11.8. The molecule has 11 heteroatoms. The van der Waals surface area contributed by atoms with Gasteiger partial charge in [0.25, 0.3) is 5.91 Å². The zero-order valence-electron chi connectivity index (χ0n) is 24.8. The normalized spacial score (nSPS) is 17.1. The summed E-state index contributed by atoms with van der Waals surface area (Å²) in [6.07, 6.45) is 12.2. The van der Waals surface area contributed by atoms with Crippen molar-refractivity contribution in [1.29, 1.82) is 0 Å². The zero-order valence-corrected chi connectivity index (χ0v) is 24.8. The molecule has 5 rings (SSSR count). The molecule has 0 unspecified atom stereocenters. The Morgan fingerprint density at radius 1 is 1.05 bits per heavy atom. The first-order valence-corrected chi connectivity index (χ1v) is 14.3. The summed E-state index contributed by atoms with van der Waals surface area (Å²) in [6.45, 7) is 8.56. The average Bonchev–Trinajstić information content (AvgIpc) is 3.67. The highest BCUT2D eigenvalue weighted by atomic mass is 16.5. The molecule has 0 bridgehead atoms. The number of carbonyl (C=O) groups is 2. The molecular formula is C31H38N8O3. The number of aryl methyl sites for hydroxylation is 1. The molecule has 0 saturated heterocycles. The molecular weight excluding hydrogens is 532 g/mol. The lowest BCUT2D eigenvalue weighted by atomic mass is 9.86. The maximum absolute atomic E-state index is 12.7. The number of benzene rings is 1. The highest BCUT2D eigenvalue weighted by Crippen LogP contribution is 2.33. The van der Waals surface area contributed by atoms with Crippen molar-refractivity contribution < 1.29 is 14.3 Å². The molecule has 42 heavy (non-hydrogen) atoms. The molecule has 11 nitrogen and oxygen atoms in total. The fraction of sp³-hybridized carbons (Fsp3) is 0.419. The highest BCUT2D eigenvalue weighted by molar-refractivity contribution is 5.93. The van der Waals surface area contributed by atoms with Gasteiger partial charge in [-0.2, -0.15) is 10.2 Å². The Balaban J connectivity index is 1.19. The van der Waals surface area contributed by atoms with Crippen molar-refractivity contribution in [2.24, 2.45) is 5.92 Å². The van der Waals surface area contributed by atoms with Gasteiger partial charge in [-0.25, -0.2) is 9.97 Å². The Morgan fingerprint density at radius 3 is 2.52 bits per heavy atom. The minimum atomic E-state index is -0.184. The molecule has 1 fully saturated rings. The fourth-order valence-corrected chi connectivity index (χ4v) is 5.19. The van der Waals surface area contributed by atoms with Gasteiger partial charge in [0.2, 0.25) is 5.95 Å². The first-order valence-electron chi connectivity index (χ1n) is 14.3. The van der Waals surface area contributed by atoms with Crippen LogP contribution in [-0.2, 0) is 21.6 Å². The van der Waals surface area contributed by atoms with Gasteiger partial charge < -0.3 is 15.4 Å². The van der Waals surface area contributed by atoms with E-state index < -0.39 is 0 Å². The number of methoxy groups -OCH3 is 1. The summed E-state index contributed by atoms with van der Waals surface area (Å²) < 4.78 is 8.64. The van der Waals surface area contributed by atoms with Gasteiger partial charge in [-0.3, -0.25) is 19.0 Å². The van der Waals surface area contributed by atoms with E-state index in [1.54, 1.807) is 29.5 Å². The number of hydrogen-bond donors (Lipinski definition) is 2. The lowest BCUT2D eigenvalue weighted by molar-refractivity contribution is -0.146. The van der Waals surface area contributed by atoms with Crippen molar-refractivity contribution in [2.45, 2.75) is 71.5 Å². The highest BCUT2D eigenvalue weighted by Gasteiger charge is 2.28. The van der Waals surface area contributed by atoms with Crippen LogP contribution >= 0.6 is 0 Å². The quantitative estimate of drug-likeness (QED) is 0.277. The molecule has 1 aliphatic rings. The zero-order chi connectivity index (χ0) is 29.9. The third-order valence-corrected chi connectivity index (χ3v) is 7.73. The molecule has 2 N–H and O–H groups in total. The number of aromatic nitrogens is 6. The Labute approximate surface area is 245 Å². The number of hydrogen-bond acceptors (Lipinski definition) is 8. The van der Waals surface area contributed by atoms with Crippen LogP contribution in [0.3, 0.4) is 0 Å². The lowest BCUT2D eigenvalue weighted by Crippen LogP contribution is -2.24. The summed E-state index contributed by atoms with van der Waals surface area (Å²) in [5, 5.41) is 15.1. The Bertz CT molecular complexity index is 1560. The van der Waals surface area contributed by atoms with Crippen molar-refractivity contribution in [1.82, 2.24) is 34.8 Å². The third-order valence-electron chi connectivity index (χ3n) is 7.73. The predicted molar refractivity (Wildman–Crippen MR) is 159 cm³/mol. The van der Waals surface area contributed by atoms with Gasteiger partial charge in [0.1, 0.15) is 0 Å². The number of amides is 1. The minimum Gasteiger partial charge on any atom is -0.469 e. The third kappa shape index (κ3) is 6.67. The van der Waals surface area contributed by atoms with Crippen LogP contribution in [0.15, 0.2) is 55.2 Å². The van der Waals surface area contributed by atoms with E-state index in [9.17, 15) is 9.59 Å². The SMILES string of the molecule is COC(=O)C1CCC(n2cc(Nc3nccc(-c4ccc(CNC(=O)c5cnn(C(C)(C)C)c5)c(C)c4)n3)cn2)CC1. The number of nitrogens with zero attached hydrogens (tertiary/aromatic N) is 6. The van der Waals surface area contributed by atoms with Gasteiger partial charge in [0.15, 0.2) is 0 Å². The predicted octanol–water partition coefficient (Wildman–Crippen LogP) is 5.18. The van der Waals surface area contributed by atoms with Crippen LogP contribution in [0.5, 0.6) is 0 Å². The molecule has 1 saturated carbocycles. The Hall–Kier alpha value is -4.54. The van der Waals surface area contributed by atoms with Gasteiger partial charge in [-0.15, -0.1) is 0 Å². The molecule has 1 aliphatic carbocycles. The van der Waals surface area contributed by atoms with Crippen molar-refractivity contribution in [2.75, 3.05) is 12.4 Å². The van der Waals surface area contributed by atoms with Crippen molar-refractivity contribution >= 4 is 23.5 Å². The van der Waals surface area contributed by atoms with E-state index in [2.05, 4.69) is 31.9 Å². The number of rotatable bonds is 8. The maximum Gasteiger partial charge on any atom is 0.308 e. The van der Waals surface area contributed by atoms with E-state index in [0.29, 0.717) is 18.1 Å². The van der Waals surface area contributed by atoms with E-state index in [-0.39, 0.29) is 29.4 Å². The number of ether oxygens (including phenoxy) is 1. The topological polar surface area (TPSA) is 129 Å². The van der Waals surface area contributed by atoms with E-state index in [0.717, 1.165) is 53.8 Å². The summed E-state index contributed by atoms with van der Waals surface area (Å²) in [5.74, 6) is 0.186. The summed E-state index contributed by atoms with van der Waals surface area (Å²) in [5.41, 5.74) is 4.97. The maximum atomic E-state index is 12.7. The van der Waals surface area contributed by atoms with E-state index >= 15 is 0 Å². The van der Waals surface area contributed by atoms with Gasteiger partial charge in [0, 0.05) is 30.7 Å². The standard InChI is InChI=1S/C31H38N8O3/c1-20-14-22(6-7-23(20)15-33-28(40)24-16-35-39(18-24)31(2,3)4)27-12-13-32-30(37-27)36-25-17-34-38(19-25)26-10-8-21(9-11-26)29(41)42-5/h6-7,12-14,16-19,21,26H,8-11,15H2,1-5H3,(H,33,40)(H,32,36,37). The van der Waals surface area contributed by atoms with E-state index in [1.807, 2.05) is 56.8 Å². The lowest BCUT2D eigenvalue weighted by Gasteiger charge is -2.26. The summed E-state index contributed by atoms with van der Waals surface area (Å²) in [7, 11) is 1.45. The van der Waals surface area contributed by atoms with Gasteiger partial charge in [-0.1, -0.05) is 12.1 Å². The molecule has 4 aromatic rings. The van der Waals surface area contributed by atoms with Crippen LogP contribution in [0.4, 0.5) is 11.6 Å². The molecule has 3 aromatic heterocycles. The van der Waals surface area contributed by atoms with Gasteiger partial charge >= 0.3 is 5.97 Å². The smallest absolute Gasteiger partial charge is 0.308 e. The van der Waals surface area contributed by atoms with E-state index in [1.165, 1.54) is 7.11 Å². The van der Waals surface area contributed by atoms with Gasteiger partial charge in [0.05, 0.1) is 53.9 Å². The van der Waals surface area contributed by atoms with Crippen molar-refractivity contribution in [3.05, 3.63) is 71.9 Å². The summed E-state index contributed by atoms with van der Waals surface area (Å²) >= 11 is 0. The summed E-state index contributed by atoms with van der Waals surface area (Å²) in [4.78, 5) is 33.6. The van der Waals surface area contributed by atoms with Crippen LogP contribution in [-0.4, -0.2) is 48.5 Å². The average molecular weight is 571 g/mol. The van der Waals surface area contributed by atoms with Crippen molar-refractivity contribution in [3.63, 3.8) is 0 Å². The number of carbonyl (C=O) groups excluding carboxylic acids is 2. The van der Waals surface area contributed by atoms with Gasteiger partial charge in [-0.05, 0) is 76.6 Å². The monoisotopic (exact) mass is 570 g/mol. The number of nitrogens with one attached hydrogen (secondary N) is 2. The molecule has 220 valence electrons. The fourth-order valence-electron chi connectivity index (χ4n) is 5.19. The number of anilines is 2. The van der Waals surface area contributed by atoms with Crippen molar-refractivity contribution in [3.8, 4) is 11.3 Å².